The fourth-order valence-electron chi connectivity index (χ4n) is 3.44. The van der Waals surface area contributed by atoms with E-state index < -0.39 is 15.9 Å². The van der Waals surface area contributed by atoms with Crippen LogP contribution in [0.2, 0.25) is 0 Å². The number of carbonyl (C=O) groups excluding carboxylic acids is 2. The smallest absolute Gasteiger partial charge is 0.257 e. The number of hydrogen-bond donors (Lipinski definition) is 1. The summed E-state index contributed by atoms with van der Waals surface area (Å²) < 4.78 is 28.4. The van der Waals surface area contributed by atoms with E-state index in [2.05, 4.69) is 10.3 Å². The van der Waals surface area contributed by atoms with Gasteiger partial charge < -0.3 is 4.90 Å². The summed E-state index contributed by atoms with van der Waals surface area (Å²) in [4.78, 5) is 30.3. The first-order valence-electron chi connectivity index (χ1n) is 9.78. The molecule has 1 fully saturated rings. The second kappa shape index (κ2) is 8.37. The second-order valence-corrected chi connectivity index (χ2v) is 10.4. The summed E-state index contributed by atoms with van der Waals surface area (Å²) in [5, 5.41) is 3.22. The SMILES string of the molecule is CC(=O)N1CCN(S(=O)(=O)c2cccc(C(=O)Nc3nc4ccc(C)cc4s3)c2)CC1. The molecule has 8 nitrogen and oxygen atoms in total. The van der Waals surface area contributed by atoms with Gasteiger partial charge in [-0.25, -0.2) is 13.4 Å². The Morgan fingerprint density at radius 3 is 2.52 bits per heavy atom. The molecular weight excluding hydrogens is 436 g/mol. The van der Waals surface area contributed by atoms with Gasteiger partial charge in [-0.2, -0.15) is 4.31 Å². The number of aryl methyl sites for hydroxylation is 1. The predicted octanol–water partition coefficient (Wildman–Crippen LogP) is 2.71. The summed E-state index contributed by atoms with van der Waals surface area (Å²) >= 11 is 1.37. The van der Waals surface area contributed by atoms with Gasteiger partial charge in [-0.05, 0) is 42.8 Å². The third-order valence-corrected chi connectivity index (χ3v) is 8.01. The lowest BCUT2D eigenvalue weighted by atomic mass is 10.2. The Bertz CT molecular complexity index is 1260. The maximum absolute atomic E-state index is 13.0. The molecule has 4 rings (SSSR count). The Morgan fingerprint density at radius 2 is 1.81 bits per heavy atom. The first-order chi connectivity index (χ1) is 14.7. The third kappa shape index (κ3) is 4.46. The van der Waals surface area contributed by atoms with E-state index in [1.165, 1.54) is 34.7 Å². The molecule has 31 heavy (non-hydrogen) atoms. The van der Waals surface area contributed by atoms with Gasteiger partial charge >= 0.3 is 0 Å². The van der Waals surface area contributed by atoms with E-state index in [1.54, 1.807) is 17.0 Å². The highest BCUT2D eigenvalue weighted by Gasteiger charge is 2.29. The van der Waals surface area contributed by atoms with Gasteiger partial charge in [0, 0.05) is 38.7 Å². The van der Waals surface area contributed by atoms with Crippen molar-refractivity contribution in [2.45, 2.75) is 18.7 Å². The van der Waals surface area contributed by atoms with E-state index in [0.29, 0.717) is 18.2 Å². The summed E-state index contributed by atoms with van der Waals surface area (Å²) in [7, 11) is -3.76. The maximum Gasteiger partial charge on any atom is 0.257 e. The van der Waals surface area contributed by atoms with Crippen LogP contribution in [-0.2, 0) is 14.8 Å². The van der Waals surface area contributed by atoms with Crippen molar-refractivity contribution in [1.82, 2.24) is 14.2 Å². The molecule has 2 aromatic carbocycles. The van der Waals surface area contributed by atoms with Crippen molar-refractivity contribution >= 4 is 48.5 Å². The number of aromatic nitrogens is 1. The zero-order valence-electron chi connectivity index (χ0n) is 17.2. The lowest BCUT2D eigenvalue weighted by Crippen LogP contribution is -2.49. The largest absolute Gasteiger partial charge is 0.340 e. The van der Waals surface area contributed by atoms with E-state index in [4.69, 9.17) is 0 Å². The number of amides is 2. The highest BCUT2D eigenvalue weighted by Crippen LogP contribution is 2.27. The van der Waals surface area contributed by atoms with Crippen LogP contribution >= 0.6 is 11.3 Å². The quantitative estimate of drug-likeness (QED) is 0.648. The fraction of sp³-hybridized carbons (Fsp3) is 0.286. The lowest BCUT2D eigenvalue weighted by molar-refractivity contribution is -0.129. The number of benzene rings is 2. The number of carbonyl (C=O) groups is 2. The number of sulfonamides is 1. The van der Waals surface area contributed by atoms with Crippen LogP contribution < -0.4 is 5.32 Å². The van der Waals surface area contributed by atoms with Gasteiger partial charge in [0.2, 0.25) is 15.9 Å². The highest BCUT2D eigenvalue weighted by atomic mass is 32.2. The number of rotatable bonds is 4. The van der Waals surface area contributed by atoms with Crippen molar-refractivity contribution in [2.75, 3.05) is 31.5 Å². The third-order valence-electron chi connectivity index (χ3n) is 5.18. The van der Waals surface area contributed by atoms with Crippen LogP contribution in [0.4, 0.5) is 5.13 Å². The molecule has 3 aromatic rings. The van der Waals surface area contributed by atoms with Gasteiger partial charge in [-0.3, -0.25) is 14.9 Å². The second-order valence-electron chi connectivity index (χ2n) is 7.38. The molecule has 1 aliphatic heterocycles. The minimum atomic E-state index is -3.76. The molecule has 162 valence electrons. The summed E-state index contributed by atoms with van der Waals surface area (Å²) in [6.45, 7) is 4.62. The standard InChI is InChI=1S/C21H22N4O4S2/c1-14-6-7-18-19(12-14)30-21(22-18)23-20(27)16-4-3-5-17(13-16)31(28,29)25-10-8-24(9-11-25)15(2)26/h3-7,12-13H,8-11H2,1-2H3,(H,22,23,27). The number of fused-ring (bicyclic) bond motifs is 1. The van der Waals surface area contributed by atoms with Gasteiger partial charge in [0.05, 0.1) is 15.1 Å². The summed E-state index contributed by atoms with van der Waals surface area (Å²) in [6.07, 6.45) is 0. The van der Waals surface area contributed by atoms with Crippen LogP contribution in [0.1, 0.15) is 22.8 Å². The molecule has 1 N–H and O–H groups in total. The van der Waals surface area contributed by atoms with Crippen LogP contribution in [0.25, 0.3) is 10.2 Å². The van der Waals surface area contributed by atoms with Crippen LogP contribution in [0.5, 0.6) is 0 Å². The van der Waals surface area contributed by atoms with Crippen molar-refractivity contribution in [1.29, 1.82) is 0 Å². The lowest BCUT2D eigenvalue weighted by Gasteiger charge is -2.33. The van der Waals surface area contributed by atoms with Crippen molar-refractivity contribution in [3.05, 3.63) is 53.6 Å². The topological polar surface area (TPSA) is 99.7 Å². The molecule has 1 saturated heterocycles. The molecule has 0 aliphatic carbocycles. The predicted molar refractivity (Wildman–Crippen MR) is 120 cm³/mol. The monoisotopic (exact) mass is 458 g/mol. The zero-order chi connectivity index (χ0) is 22.2. The van der Waals surface area contributed by atoms with Gasteiger partial charge in [0.15, 0.2) is 5.13 Å². The van der Waals surface area contributed by atoms with E-state index in [1.807, 2.05) is 25.1 Å². The Hall–Kier alpha value is -2.82. The van der Waals surface area contributed by atoms with Crippen molar-refractivity contribution in [3.63, 3.8) is 0 Å². The van der Waals surface area contributed by atoms with E-state index in [0.717, 1.165) is 15.8 Å². The van der Waals surface area contributed by atoms with Crippen LogP contribution in [0, 0.1) is 6.92 Å². The number of hydrogen-bond acceptors (Lipinski definition) is 6. The fourth-order valence-corrected chi connectivity index (χ4v) is 5.87. The van der Waals surface area contributed by atoms with Crippen molar-refractivity contribution in [3.8, 4) is 0 Å². The average Bonchev–Trinajstić information content (AvgIpc) is 3.15. The molecule has 0 bridgehead atoms. The summed E-state index contributed by atoms with van der Waals surface area (Å²) in [5.74, 6) is -0.491. The van der Waals surface area contributed by atoms with Crippen molar-refractivity contribution in [2.24, 2.45) is 0 Å². The van der Waals surface area contributed by atoms with Crippen LogP contribution in [0.15, 0.2) is 47.4 Å². The van der Waals surface area contributed by atoms with Crippen molar-refractivity contribution < 1.29 is 18.0 Å². The molecule has 2 heterocycles. The number of thiazole rings is 1. The Balaban J connectivity index is 1.51. The summed E-state index contributed by atoms with van der Waals surface area (Å²) in [6, 6.07) is 11.8. The highest BCUT2D eigenvalue weighted by molar-refractivity contribution is 7.89. The molecule has 10 heteroatoms. The Kier molecular flexibility index (Phi) is 5.78. The van der Waals surface area contributed by atoms with Gasteiger partial charge in [-0.15, -0.1) is 0 Å². The minimum Gasteiger partial charge on any atom is -0.340 e. The first kappa shape index (κ1) is 21.4. The molecule has 0 spiro atoms. The van der Waals surface area contributed by atoms with Crippen LogP contribution in [-0.4, -0.2) is 60.6 Å². The van der Waals surface area contributed by atoms with Crippen LogP contribution in [0.3, 0.4) is 0 Å². The molecule has 1 aliphatic rings. The average molecular weight is 459 g/mol. The molecular formula is C21H22N4O4S2. The molecule has 0 atom stereocenters. The molecule has 0 saturated carbocycles. The summed E-state index contributed by atoms with van der Waals surface area (Å²) in [5.41, 5.74) is 2.14. The van der Waals surface area contributed by atoms with E-state index >= 15 is 0 Å². The number of anilines is 1. The van der Waals surface area contributed by atoms with Gasteiger partial charge in [0.25, 0.3) is 5.91 Å². The van der Waals surface area contributed by atoms with E-state index in [9.17, 15) is 18.0 Å². The van der Waals surface area contributed by atoms with Gasteiger partial charge in [0.1, 0.15) is 0 Å². The number of nitrogens with one attached hydrogen (secondary N) is 1. The van der Waals surface area contributed by atoms with E-state index in [-0.39, 0.29) is 29.5 Å². The molecule has 0 radical (unpaired) electrons. The minimum absolute atomic E-state index is 0.0522. The Labute approximate surface area is 184 Å². The number of nitrogens with zero attached hydrogens (tertiary/aromatic N) is 3. The molecule has 0 unspecified atom stereocenters. The number of piperazine rings is 1. The van der Waals surface area contributed by atoms with Gasteiger partial charge in [-0.1, -0.05) is 23.5 Å². The Morgan fingerprint density at radius 1 is 1.06 bits per heavy atom. The zero-order valence-corrected chi connectivity index (χ0v) is 18.8. The first-order valence-corrected chi connectivity index (χ1v) is 12.0. The maximum atomic E-state index is 13.0. The molecule has 1 aromatic heterocycles. The normalized spacial score (nSPS) is 15.2. The molecule has 2 amide bonds.